The zero-order valence-corrected chi connectivity index (χ0v) is 12.6. The van der Waals surface area contributed by atoms with E-state index in [1.54, 1.807) is 11.3 Å². The summed E-state index contributed by atoms with van der Waals surface area (Å²) in [5.41, 5.74) is 2.61. The molecule has 19 heavy (non-hydrogen) atoms. The first-order chi connectivity index (χ1) is 9.13. The van der Waals surface area contributed by atoms with Gasteiger partial charge in [-0.3, -0.25) is 4.79 Å². The molecule has 0 saturated carbocycles. The predicted molar refractivity (Wildman–Crippen MR) is 83.1 cm³/mol. The molecule has 1 heterocycles. The number of benzene rings is 1. The molecular weight excluding hydrogens is 252 g/mol. The fraction of sp³-hybridized carbons (Fsp3) is 0.353. The minimum absolute atomic E-state index is 0.265. The lowest BCUT2D eigenvalue weighted by Gasteiger charge is -2.10. The highest BCUT2D eigenvalue weighted by Gasteiger charge is 2.12. The SMILES string of the molecule is CCCC(=O)c1ccc(-c2ccccc2C(C)C)s1. The second-order valence-electron chi connectivity index (χ2n) is 5.08. The predicted octanol–water partition coefficient (Wildman–Crippen LogP) is 5.52. The molecule has 0 aliphatic heterocycles. The van der Waals surface area contributed by atoms with Gasteiger partial charge in [-0.1, -0.05) is 45.0 Å². The van der Waals surface area contributed by atoms with Crippen LogP contribution in [-0.2, 0) is 0 Å². The van der Waals surface area contributed by atoms with E-state index in [1.165, 1.54) is 16.0 Å². The average molecular weight is 272 g/mol. The van der Waals surface area contributed by atoms with Crippen LogP contribution >= 0.6 is 11.3 Å². The Bertz CT molecular complexity index is 566. The lowest BCUT2D eigenvalue weighted by molar-refractivity contribution is 0.0985. The summed E-state index contributed by atoms with van der Waals surface area (Å²) in [5.74, 6) is 0.758. The first kappa shape index (κ1) is 14.0. The average Bonchev–Trinajstić information content (AvgIpc) is 2.88. The summed E-state index contributed by atoms with van der Waals surface area (Å²) >= 11 is 1.62. The quantitative estimate of drug-likeness (QED) is 0.655. The lowest BCUT2D eigenvalue weighted by Crippen LogP contribution is -1.93. The van der Waals surface area contributed by atoms with Gasteiger partial charge < -0.3 is 0 Å². The summed E-state index contributed by atoms with van der Waals surface area (Å²) in [6.07, 6.45) is 1.56. The van der Waals surface area contributed by atoms with Crippen LogP contribution < -0.4 is 0 Å². The van der Waals surface area contributed by atoms with Crippen molar-refractivity contribution in [3.8, 4) is 10.4 Å². The molecule has 0 bridgehead atoms. The Hall–Kier alpha value is -1.41. The molecule has 100 valence electrons. The highest BCUT2D eigenvalue weighted by atomic mass is 32.1. The number of hydrogen-bond donors (Lipinski definition) is 0. The normalized spacial score (nSPS) is 10.9. The van der Waals surface area contributed by atoms with Crippen molar-refractivity contribution in [2.24, 2.45) is 0 Å². The molecule has 0 N–H and O–H groups in total. The topological polar surface area (TPSA) is 17.1 Å². The van der Waals surface area contributed by atoms with Crippen molar-refractivity contribution in [1.29, 1.82) is 0 Å². The van der Waals surface area contributed by atoms with Crippen molar-refractivity contribution in [2.45, 2.75) is 39.5 Å². The van der Waals surface area contributed by atoms with Crippen LogP contribution in [0.3, 0.4) is 0 Å². The van der Waals surface area contributed by atoms with Crippen LogP contribution in [-0.4, -0.2) is 5.78 Å². The molecule has 0 fully saturated rings. The molecule has 0 radical (unpaired) electrons. The summed E-state index contributed by atoms with van der Waals surface area (Å²) in [4.78, 5) is 14.0. The zero-order chi connectivity index (χ0) is 13.8. The Balaban J connectivity index is 2.36. The Kier molecular flexibility index (Phi) is 4.54. The third kappa shape index (κ3) is 3.13. The van der Waals surface area contributed by atoms with E-state index in [4.69, 9.17) is 0 Å². The summed E-state index contributed by atoms with van der Waals surface area (Å²) in [5, 5.41) is 0. The van der Waals surface area contributed by atoms with Crippen LogP contribution in [0.25, 0.3) is 10.4 Å². The van der Waals surface area contributed by atoms with Gasteiger partial charge in [-0.05, 0) is 35.6 Å². The van der Waals surface area contributed by atoms with E-state index in [2.05, 4.69) is 44.2 Å². The Morgan fingerprint density at radius 3 is 2.58 bits per heavy atom. The fourth-order valence-corrected chi connectivity index (χ4v) is 3.23. The summed E-state index contributed by atoms with van der Waals surface area (Å²) in [6.45, 7) is 6.45. The third-order valence-electron chi connectivity index (χ3n) is 3.21. The second-order valence-corrected chi connectivity index (χ2v) is 6.16. The van der Waals surface area contributed by atoms with Crippen molar-refractivity contribution >= 4 is 17.1 Å². The van der Waals surface area contributed by atoms with E-state index in [1.807, 2.05) is 13.0 Å². The van der Waals surface area contributed by atoms with Gasteiger partial charge in [0.05, 0.1) is 4.88 Å². The molecule has 2 aromatic rings. The van der Waals surface area contributed by atoms with E-state index >= 15 is 0 Å². The van der Waals surface area contributed by atoms with Gasteiger partial charge >= 0.3 is 0 Å². The standard InChI is InChI=1S/C17H20OS/c1-4-7-15(18)17-11-10-16(19-17)14-9-6-5-8-13(14)12(2)3/h5-6,8-12H,4,7H2,1-3H3. The lowest BCUT2D eigenvalue weighted by atomic mass is 9.96. The van der Waals surface area contributed by atoms with Crippen LogP contribution in [0.15, 0.2) is 36.4 Å². The van der Waals surface area contributed by atoms with Crippen LogP contribution in [0.2, 0.25) is 0 Å². The van der Waals surface area contributed by atoms with Gasteiger partial charge in [0.25, 0.3) is 0 Å². The van der Waals surface area contributed by atoms with Gasteiger partial charge in [0, 0.05) is 11.3 Å². The molecule has 0 spiro atoms. The minimum Gasteiger partial charge on any atom is -0.293 e. The van der Waals surface area contributed by atoms with Crippen molar-refractivity contribution in [3.63, 3.8) is 0 Å². The smallest absolute Gasteiger partial charge is 0.172 e. The summed E-state index contributed by atoms with van der Waals surface area (Å²) < 4.78 is 0. The molecule has 0 aliphatic carbocycles. The van der Waals surface area contributed by atoms with Gasteiger partial charge in [-0.15, -0.1) is 11.3 Å². The molecule has 2 rings (SSSR count). The first-order valence-electron chi connectivity index (χ1n) is 6.85. The molecule has 0 amide bonds. The first-order valence-corrected chi connectivity index (χ1v) is 7.67. The van der Waals surface area contributed by atoms with E-state index in [0.717, 1.165) is 11.3 Å². The van der Waals surface area contributed by atoms with E-state index in [-0.39, 0.29) is 5.78 Å². The monoisotopic (exact) mass is 272 g/mol. The molecule has 1 aromatic carbocycles. The Morgan fingerprint density at radius 1 is 1.16 bits per heavy atom. The van der Waals surface area contributed by atoms with Crippen molar-refractivity contribution in [3.05, 3.63) is 46.8 Å². The van der Waals surface area contributed by atoms with E-state index in [0.29, 0.717) is 12.3 Å². The van der Waals surface area contributed by atoms with Crippen LogP contribution in [0.1, 0.15) is 54.8 Å². The van der Waals surface area contributed by atoms with Gasteiger partial charge in [0.2, 0.25) is 0 Å². The number of carbonyl (C=O) groups excluding carboxylic acids is 1. The van der Waals surface area contributed by atoms with Crippen molar-refractivity contribution < 1.29 is 4.79 Å². The number of carbonyl (C=O) groups is 1. The molecule has 1 aromatic heterocycles. The highest BCUT2D eigenvalue weighted by molar-refractivity contribution is 7.17. The molecular formula is C17H20OS. The fourth-order valence-electron chi connectivity index (χ4n) is 2.21. The van der Waals surface area contributed by atoms with Crippen LogP contribution in [0, 0.1) is 0 Å². The maximum absolute atomic E-state index is 11.9. The van der Waals surface area contributed by atoms with Gasteiger partial charge in [0.1, 0.15) is 0 Å². The molecule has 2 heteroatoms. The molecule has 0 unspecified atom stereocenters. The van der Waals surface area contributed by atoms with E-state index < -0.39 is 0 Å². The molecule has 1 nitrogen and oxygen atoms in total. The summed E-state index contributed by atoms with van der Waals surface area (Å²) in [6, 6.07) is 12.5. The Morgan fingerprint density at radius 2 is 1.89 bits per heavy atom. The van der Waals surface area contributed by atoms with Crippen LogP contribution in [0.5, 0.6) is 0 Å². The summed E-state index contributed by atoms with van der Waals surface area (Å²) in [7, 11) is 0. The van der Waals surface area contributed by atoms with Crippen molar-refractivity contribution in [1.82, 2.24) is 0 Å². The third-order valence-corrected chi connectivity index (χ3v) is 4.37. The maximum atomic E-state index is 11.9. The molecule has 0 saturated heterocycles. The minimum atomic E-state index is 0.265. The number of ketones is 1. The van der Waals surface area contributed by atoms with E-state index in [9.17, 15) is 4.79 Å². The van der Waals surface area contributed by atoms with Gasteiger partial charge in [-0.2, -0.15) is 0 Å². The van der Waals surface area contributed by atoms with Crippen molar-refractivity contribution in [2.75, 3.05) is 0 Å². The number of Topliss-reactive ketones (excluding diaryl/α,β-unsaturated/α-hetero) is 1. The number of rotatable bonds is 5. The van der Waals surface area contributed by atoms with Gasteiger partial charge in [0.15, 0.2) is 5.78 Å². The Labute approximate surface area is 119 Å². The second kappa shape index (κ2) is 6.16. The van der Waals surface area contributed by atoms with Gasteiger partial charge in [-0.25, -0.2) is 0 Å². The maximum Gasteiger partial charge on any atom is 0.172 e. The molecule has 0 aliphatic rings. The number of thiophene rings is 1. The zero-order valence-electron chi connectivity index (χ0n) is 11.8. The largest absolute Gasteiger partial charge is 0.293 e. The highest BCUT2D eigenvalue weighted by Crippen LogP contribution is 2.34. The van der Waals surface area contributed by atoms with Crippen LogP contribution in [0.4, 0.5) is 0 Å². The number of hydrogen-bond acceptors (Lipinski definition) is 2. The molecule has 0 atom stereocenters.